The van der Waals surface area contributed by atoms with E-state index in [-0.39, 0.29) is 23.9 Å². The van der Waals surface area contributed by atoms with E-state index in [4.69, 9.17) is 9.85 Å². The average molecular weight is 194 g/mol. The number of anilines is 2. The van der Waals surface area contributed by atoms with Crippen LogP contribution in [0.15, 0.2) is 18.3 Å². The number of nitrogens with two attached hydrogens (primary N) is 1. The molecule has 0 saturated carbocycles. The Bertz CT molecular complexity index is 436. The lowest BCUT2D eigenvalue weighted by molar-refractivity contribution is 0.444. The van der Waals surface area contributed by atoms with Crippen molar-refractivity contribution in [3.05, 3.63) is 18.3 Å². The van der Waals surface area contributed by atoms with Crippen LogP contribution in [0.5, 0.6) is 0 Å². The van der Waals surface area contributed by atoms with Gasteiger partial charge in [0.25, 0.3) is 0 Å². The topological polar surface area (TPSA) is 42.2 Å². The first-order valence-electron chi connectivity index (χ1n) is 6.49. The van der Waals surface area contributed by atoms with Gasteiger partial charge in [0.05, 0.1) is 16.0 Å². The number of nitrogens with zero attached hydrogens (tertiary/aromatic N) is 2. The first-order chi connectivity index (χ1) is 8.00. The maximum absolute atomic E-state index is 7.88. The van der Waals surface area contributed by atoms with Crippen LogP contribution in [0.1, 0.15) is 23.9 Å². The fraction of sp³-hybridized carbons (Fsp3) is 0.545. The highest BCUT2D eigenvalue weighted by molar-refractivity contribution is 5.45. The normalized spacial score (nSPS) is 25.4. The Morgan fingerprint density at radius 2 is 2.50 bits per heavy atom. The predicted molar refractivity (Wildman–Crippen MR) is 59.3 cm³/mol. The molecule has 0 amide bonds. The van der Waals surface area contributed by atoms with E-state index >= 15 is 0 Å². The van der Waals surface area contributed by atoms with Gasteiger partial charge >= 0.3 is 0 Å². The molecule has 0 spiro atoms. The summed E-state index contributed by atoms with van der Waals surface area (Å²) in [6, 6.07) is -0.0502. The van der Waals surface area contributed by atoms with Crippen molar-refractivity contribution >= 4 is 11.5 Å². The van der Waals surface area contributed by atoms with Crippen molar-refractivity contribution in [2.45, 2.75) is 19.8 Å². The van der Waals surface area contributed by atoms with Gasteiger partial charge in [-0.3, -0.25) is 0 Å². The molecule has 1 atom stereocenters. The highest BCUT2D eigenvalue weighted by Gasteiger charge is 2.16. The van der Waals surface area contributed by atoms with Crippen molar-refractivity contribution in [2.24, 2.45) is 5.92 Å². The summed E-state index contributed by atoms with van der Waals surface area (Å²) in [7, 11) is 0. The molecule has 1 unspecified atom stereocenters. The van der Waals surface area contributed by atoms with E-state index in [0.717, 1.165) is 19.5 Å². The monoisotopic (exact) mass is 194 g/mol. The number of hydrogen-bond acceptors (Lipinski definition) is 3. The Hall–Kier alpha value is -1.25. The van der Waals surface area contributed by atoms with Gasteiger partial charge in [0.15, 0.2) is 0 Å². The molecule has 1 aliphatic rings. The molecule has 1 saturated heterocycles. The maximum atomic E-state index is 7.88. The number of pyridine rings is 1. The molecule has 1 aromatic rings. The Morgan fingerprint density at radius 3 is 3.29 bits per heavy atom. The quantitative estimate of drug-likeness (QED) is 0.742. The second-order valence-electron chi connectivity index (χ2n) is 3.90. The van der Waals surface area contributed by atoms with Crippen LogP contribution in [0.3, 0.4) is 0 Å². The molecule has 1 fully saturated rings. The summed E-state index contributed by atoms with van der Waals surface area (Å²) in [5.74, 6) is 0.992. The minimum absolute atomic E-state index is 0.0104. The first kappa shape index (κ1) is 6.27. The fourth-order valence-corrected chi connectivity index (χ4v) is 1.82. The van der Waals surface area contributed by atoms with Crippen molar-refractivity contribution in [3.63, 3.8) is 0 Å². The maximum Gasteiger partial charge on any atom is 0.128 e. The molecule has 3 heteroatoms. The van der Waals surface area contributed by atoms with Gasteiger partial charge in [-0.05, 0) is 30.8 Å². The summed E-state index contributed by atoms with van der Waals surface area (Å²) >= 11 is 0. The van der Waals surface area contributed by atoms with Crippen LogP contribution >= 0.6 is 0 Å². The molecule has 0 aliphatic carbocycles. The fourth-order valence-electron chi connectivity index (χ4n) is 1.82. The van der Waals surface area contributed by atoms with Crippen LogP contribution in [0.2, 0.25) is 0 Å². The van der Waals surface area contributed by atoms with Crippen LogP contribution < -0.4 is 10.6 Å². The van der Waals surface area contributed by atoms with Gasteiger partial charge in [-0.2, -0.15) is 0 Å². The molecule has 14 heavy (non-hydrogen) atoms. The lowest BCUT2D eigenvalue weighted by atomic mass is 10.0. The van der Waals surface area contributed by atoms with Crippen molar-refractivity contribution < 1.29 is 4.11 Å². The lowest BCUT2D eigenvalue weighted by Gasteiger charge is -2.31. The van der Waals surface area contributed by atoms with Gasteiger partial charge in [-0.15, -0.1) is 0 Å². The Morgan fingerprint density at radius 1 is 1.64 bits per heavy atom. The molecule has 0 bridgehead atoms. The number of hydrogen-bond donors (Lipinski definition) is 1. The van der Waals surface area contributed by atoms with Gasteiger partial charge in [-0.1, -0.05) is 6.92 Å². The summed E-state index contributed by atoms with van der Waals surface area (Å²) in [5.41, 5.74) is 5.52. The Balaban J connectivity index is 2.38. The number of nitrogen functional groups attached to an aromatic ring is 1. The van der Waals surface area contributed by atoms with Crippen molar-refractivity contribution in [1.29, 1.82) is 0 Å². The summed E-state index contributed by atoms with van der Waals surface area (Å²) in [6.07, 6.45) is 2.15. The zero-order valence-corrected chi connectivity index (χ0v) is 8.38. The predicted octanol–water partition coefficient (Wildman–Crippen LogP) is 1.90. The number of piperidine rings is 1. The highest BCUT2D eigenvalue weighted by atomic mass is 15.2. The van der Waals surface area contributed by atoms with Crippen molar-refractivity contribution in [3.8, 4) is 0 Å². The van der Waals surface area contributed by atoms with E-state index in [2.05, 4.69) is 11.9 Å². The van der Waals surface area contributed by atoms with E-state index in [9.17, 15) is 0 Å². The van der Waals surface area contributed by atoms with Gasteiger partial charge in [0.1, 0.15) is 5.82 Å². The third-order valence-corrected chi connectivity index (χ3v) is 2.55. The Kier molecular flexibility index (Phi) is 1.73. The van der Waals surface area contributed by atoms with Crippen LogP contribution in [0.4, 0.5) is 11.5 Å². The third-order valence-electron chi connectivity index (χ3n) is 2.55. The second-order valence-corrected chi connectivity index (χ2v) is 3.90. The van der Waals surface area contributed by atoms with Crippen LogP contribution in [0.25, 0.3) is 0 Å². The minimum Gasteiger partial charge on any atom is -0.397 e. The molecule has 2 heterocycles. The zero-order chi connectivity index (χ0) is 12.6. The van der Waals surface area contributed by atoms with Gasteiger partial charge in [0, 0.05) is 13.1 Å². The molecule has 76 valence electrons. The third kappa shape index (κ3) is 1.97. The van der Waals surface area contributed by atoms with Gasteiger partial charge in [-0.25, -0.2) is 4.98 Å². The van der Waals surface area contributed by atoms with E-state index < -0.39 is 0 Å². The largest absolute Gasteiger partial charge is 0.397 e. The highest BCUT2D eigenvalue weighted by Crippen LogP contribution is 2.21. The summed E-state index contributed by atoms with van der Waals surface area (Å²) in [6.45, 7) is 3.84. The van der Waals surface area contributed by atoms with Crippen LogP contribution in [0, 0.1) is 5.92 Å². The molecular weight excluding hydrogens is 174 g/mol. The van der Waals surface area contributed by atoms with Crippen molar-refractivity contribution in [2.75, 3.05) is 23.7 Å². The number of aromatic nitrogens is 1. The Labute approximate surface area is 89.1 Å². The molecule has 0 radical (unpaired) electrons. The smallest absolute Gasteiger partial charge is 0.128 e. The summed E-state index contributed by atoms with van der Waals surface area (Å²) in [4.78, 5) is 6.04. The second kappa shape index (κ2) is 3.86. The molecule has 2 N–H and O–H groups in total. The molecular formula is C11H17N3. The summed E-state index contributed by atoms with van der Waals surface area (Å²) in [5, 5.41) is 0. The first-order valence-corrected chi connectivity index (χ1v) is 4.99. The standard InChI is InChI=1S/C11H17N3/c1-9-3-2-6-14(8-9)11-5-4-10(12)7-13-11/h4-5,7,9H,2-3,6,8,12H2,1H3/i4D,5D,7D. The zero-order valence-electron chi connectivity index (χ0n) is 11.4. The molecule has 2 rings (SSSR count). The molecule has 1 aromatic heterocycles. The van der Waals surface area contributed by atoms with Crippen LogP contribution in [-0.4, -0.2) is 18.1 Å². The lowest BCUT2D eigenvalue weighted by Crippen LogP contribution is -2.34. The molecule has 0 aromatic carbocycles. The van der Waals surface area contributed by atoms with Crippen molar-refractivity contribution in [1.82, 2.24) is 4.98 Å². The molecule has 1 aliphatic heterocycles. The van der Waals surface area contributed by atoms with E-state index in [1.54, 1.807) is 0 Å². The average Bonchev–Trinajstić information content (AvgIpc) is 2.31. The van der Waals surface area contributed by atoms with E-state index in [1.807, 2.05) is 4.90 Å². The van der Waals surface area contributed by atoms with Gasteiger partial charge < -0.3 is 10.6 Å². The molecule has 3 nitrogen and oxygen atoms in total. The van der Waals surface area contributed by atoms with E-state index in [0.29, 0.717) is 11.7 Å². The summed E-state index contributed by atoms with van der Waals surface area (Å²) < 4.78 is 23.2. The van der Waals surface area contributed by atoms with E-state index in [1.165, 1.54) is 6.42 Å². The van der Waals surface area contributed by atoms with Gasteiger partial charge in [0.2, 0.25) is 0 Å². The minimum atomic E-state index is -0.0979. The SMILES string of the molecule is [2H]c1nc(N2CCCC(C)C2)c([2H])c([2H])c1N. The number of rotatable bonds is 1. The van der Waals surface area contributed by atoms with Crippen LogP contribution in [-0.2, 0) is 0 Å².